The third kappa shape index (κ3) is 5.10. The Morgan fingerprint density at radius 2 is 1.96 bits per heavy atom. The minimum atomic E-state index is -2.80. The predicted octanol–water partition coefficient (Wildman–Crippen LogP) is 5.03. The van der Waals surface area contributed by atoms with Crippen molar-refractivity contribution in [1.29, 1.82) is 0 Å². The van der Waals surface area contributed by atoms with Gasteiger partial charge in [-0.2, -0.15) is 10.1 Å². The molecule has 3 aliphatic rings. The van der Waals surface area contributed by atoms with E-state index in [-0.39, 0.29) is 12.1 Å². The van der Waals surface area contributed by atoms with E-state index in [1.807, 2.05) is 65.2 Å². The molecule has 2 saturated heterocycles. The average molecular weight is 614 g/mol. The van der Waals surface area contributed by atoms with Gasteiger partial charge in [0.15, 0.2) is 5.82 Å². The first-order valence-electron chi connectivity index (χ1n) is 15.3. The summed E-state index contributed by atoms with van der Waals surface area (Å²) in [5, 5.41) is 12.8. The van der Waals surface area contributed by atoms with E-state index < -0.39 is 19.0 Å². The van der Waals surface area contributed by atoms with Gasteiger partial charge in [0.2, 0.25) is 5.95 Å². The number of halogens is 2. The van der Waals surface area contributed by atoms with Crippen LogP contribution in [-0.2, 0) is 24.8 Å². The molecule has 0 bridgehead atoms. The Hall–Kier alpha value is -4.78. The Kier molecular flexibility index (Phi) is 6.59. The number of aromatic nitrogens is 6. The van der Waals surface area contributed by atoms with Crippen LogP contribution in [0.4, 0.5) is 26.2 Å². The molecule has 1 atom stereocenters. The Morgan fingerprint density at radius 3 is 2.73 bits per heavy atom. The third-order valence-electron chi connectivity index (χ3n) is 8.99. The van der Waals surface area contributed by atoms with Crippen LogP contribution in [0.3, 0.4) is 0 Å². The number of nitrogens with zero attached hydrogens (tertiary/aromatic N) is 8. The number of nitrogens with one attached hydrogen (secondary N) is 1. The van der Waals surface area contributed by atoms with Gasteiger partial charge in [0.25, 0.3) is 11.8 Å². The fourth-order valence-corrected chi connectivity index (χ4v) is 6.45. The number of fused-ring (bicyclic) bond motifs is 2. The van der Waals surface area contributed by atoms with E-state index in [2.05, 4.69) is 27.4 Å². The fraction of sp³-hybridized carbons (Fsp3) is 0.375. The van der Waals surface area contributed by atoms with Gasteiger partial charge in [-0.15, -0.1) is 5.10 Å². The van der Waals surface area contributed by atoms with Gasteiger partial charge in [0.1, 0.15) is 17.4 Å². The molecule has 1 amide bonds. The van der Waals surface area contributed by atoms with Crippen molar-refractivity contribution >= 4 is 28.9 Å². The number of carbonyl (C=O) groups is 1. The van der Waals surface area contributed by atoms with E-state index in [9.17, 15) is 13.6 Å². The monoisotopic (exact) mass is 613 g/mol. The smallest absolute Gasteiger partial charge is 0.282 e. The summed E-state index contributed by atoms with van der Waals surface area (Å²) in [6.07, 6.45) is 9.72. The molecule has 1 unspecified atom stereocenters. The Labute approximate surface area is 258 Å². The second-order valence-corrected chi connectivity index (χ2v) is 12.1. The predicted molar refractivity (Wildman–Crippen MR) is 164 cm³/mol. The van der Waals surface area contributed by atoms with Crippen LogP contribution in [0.2, 0.25) is 0 Å². The van der Waals surface area contributed by atoms with Crippen molar-refractivity contribution in [2.45, 2.75) is 44.4 Å². The number of hydrogen-bond donors (Lipinski definition) is 1. The number of carbonyl (C=O) groups excluding carboxylic acids is 1. The number of alkyl halides is 2. The van der Waals surface area contributed by atoms with Crippen molar-refractivity contribution in [3.63, 3.8) is 0 Å². The summed E-state index contributed by atoms with van der Waals surface area (Å²) in [7, 11) is 1.81. The molecule has 0 saturated carbocycles. The summed E-state index contributed by atoms with van der Waals surface area (Å²) in [6.45, 7) is 0.870. The molecule has 232 valence electrons. The lowest BCUT2D eigenvalue weighted by molar-refractivity contribution is -0.113. The topological polar surface area (TPSA) is 97.8 Å². The molecule has 4 aromatic heterocycles. The number of likely N-dealkylation sites (tertiary alicyclic amines) is 1. The number of benzene rings is 1. The van der Waals surface area contributed by atoms with Gasteiger partial charge in [-0.3, -0.25) is 4.79 Å². The maximum absolute atomic E-state index is 13.4. The van der Waals surface area contributed by atoms with Crippen LogP contribution in [0.25, 0.3) is 16.6 Å². The molecule has 8 rings (SSSR count). The van der Waals surface area contributed by atoms with Crippen LogP contribution in [0.1, 0.15) is 47.2 Å². The van der Waals surface area contributed by atoms with E-state index in [0.717, 1.165) is 59.5 Å². The van der Waals surface area contributed by atoms with Crippen molar-refractivity contribution in [3.8, 4) is 11.1 Å². The second kappa shape index (κ2) is 10.7. The largest absolute Gasteiger partial charge is 0.357 e. The lowest BCUT2D eigenvalue weighted by atomic mass is 10.1. The van der Waals surface area contributed by atoms with Gasteiger partial charge >= 0.3 is 0 Å². The van der Waals surface area contributed by atoms with Crippen molar-refractivity contribution < 1.29 is 18.3 Å². The molecule has 0 radical (unpaired) electrons. The third-order valence-corrected chi connectivity index (χ3v) is 8.99. The molecular formula is C32H33F2N9O2. The molecule has 13 heteroatoms. The quantitative estimate of drug-likeness (QED) is 0.287. The minimum absolute atomic E-state index is 0.00343. The van der Waals surface area contributed by atoms with Gasteiger partial charge in [-0.05, 0) is 67.1 Å². The zero-order valence-corrected chi connectivity index (χ0v) is 24.9. The highest BCUT2D eigenvalue weighted by molar-refractivity contribution is 5.94. The lowest BCUT2D eigenvalue weighted by Gasteiger charge is -2.38. The number of rotatable bonds is 6. The summed E-state index contributed by atoms with van der Waals surface area (Å²) in [5.41, 5.74) is 6.25. The highest BCUT2D eigenvalue weighted by Gasteiger charge is 2.47. The minimum Gasteiger partial charge on any atom is -0.357 e. The van der Waals surface area contributed by atoms with Crippen LogP contribution >= 0.6 is 0 Å². The SMILES string of the molecule is Cn1c(C(=O)N2CC(F)(F)C2)cc2c1CN(c1nc(Nc3ccc(-c4cnn(C5CCCCO5)c4)cc3)c3cccn3n1)CC2. The number of amides is 1. The van der Waals surface area contributed by atoms with Gasteiger partial charge in [0.05, 0.1) is 25.8 Å². The van der Waals surface area contributed by atoms with Gasteiger partial charge in [0, 0.05) is 49.5 Å². The second-order valence-electron chi connectivity index (χ2n) is 12.1. The number of anilines is 3. The van der Waals surface area contributed by atoms with Gasteiger partial charge in [-0.1, -0.05) is 12.1 Å². The molecule has 11 nitrogen and oxygen atoms in total. The standard InChI is InChI=1S/C32H33F2N9O2/c1-39-26(30(44)41-19-32(33,34)20-41)15-22-11-13-40(18-27(22)39)31-37-29(25-5-4-12-42(25)38-31)36-24-9-7-21(8-10-24)23-16-35-43(17-23)28-6-2-3-14-45-28/h4-5,7-10,12,15-17,28H,2-3,6,11,13-14,18-20H2,1H3,(H,36,37,38). The highest BCUT2D eigenvalue weighted by Crippen LogP contribution is 2.32. The zero-order chi connectivity index (χ0) is 30.7. The fourth-order valence-electron chi connectivity index (χ4n) is 6.45. The molecule has 0 aliphatic carbocycles. The Balaban J connectivity index is 1.01. The number of ether oxygens (including phenoxy) is 1. The average Bonchev–Trinajstić information content (AvgIpc) is 3.80. The molecule has 0 spiro atoms. The van der Waals surface area contributed by atoms with Crippen molar-refractivity contribution in [1.82, 2.24) is 33.8 Å². The Morgan fingerprint density at radius 1 is 1.11 bits per heavy atom. The van der Waals surface area contributed by atoms with E-state index >= 15 is 0 Å². The highest BCUT2D eigenvalue weighted by atomic mass is 19.3. The summed E-state index contributed by atoms with van der Waals surface area (Å²) >= 11 is 0. The van der Waals surface area contributed by atoms with Gasteiger partial charge in [-0.25, -0.2) is 18.0 Å². The normalized spacial score (nSPS) is 19.4. The molecular weight excluding hydrogens is 580 g/mol. The maximum Gasteiger partial charge on any atom is 0.282 e. The van der Waals surface area contributed by atoms with E-state index in [4.69, 9.17) is 14.8 Å². The summed E-state index contributed by atoms with van der Waals surface area (Å²) < 4.78 is 38.2. The van der Waals surface area contributed by atoms with Crippen LogP contribution in [0.5, 0.6) is 0 Å². The molecule has 1 N–H and O–H groups in total. The molecule has 1 aromatic carbocycles. The van der Waals surface area contributed by atoms with E-state index in [1.54, 1.807) is 4.52 Å². The first-order valence-corrected chi connectivity index (χ1v) is 15.3. The Bertz CT molecular complexity index is 1880. The lowest BCUT2D eigenvalue weighted by Crippen LogP contribution is -2.58. The molecule has 45 heavy (non-hydrogen) atoms. The van der Waals surface area contributed by atoms with Crippen LogP contribution < -0.4 is 10.2 Å². The summed E-state index contributed by atoms with van der Waals surface area (Å²) in [4.78, 5) is 21.1. The summed E-state index contributed by atoms with van der Waals surface area (Å²) in [5.74, 6) is -1.93. The van der Waals surface area contributed by atoms with Crippen LogP contribution in [0, 0.1) is 0 Å². The van der Waals surface area contributed by atoms with Crippen molar-refractivity contribution in [2.24, 2.45) is 7.05 Å². The van der Waals surface area contributed by atoms with E-state index in [1.165, 1.54) is 4.90 Å². The first kappa shape index (κ1) is 27.7. The van der Waals surface area contributed by atoms with Gasteiger partial charge < -0.3 is 24.4 Å². The van der Waals surface area contributed by atoms with Crippen molar-refractivity contribution in [3.05, 3.63) is 78.0 Å². The van der Waals surface area contributed by atoms with E-state index in [0.29, 0.717) is 37.0 Å². The molecule has 3 aliphatic heterocycles. The zero-order valence-electron chi connectivity index (χ0n) is 24.9. The first-order chi connectivity index (χ1) is 21.8. The molecule has 5 aromatic rings. The number of hydrogen-bond acceptors (Lipinski definition) is 7. The summed E-state index contributed by atoms with van der Waals surface area (Å²) in [6, 6.07) is 13.9. The van der Waals surface area contributed by atoms with Crippen LogP contribution in [0.15, 0.2) is 61.1 Å². The van der Waals surface area contributed by atoms with Crippen LogP contribution in [-0.4, -0.2) is 71.9 Å². The molecule has 7 heterocycles. The molecule has 2 fully saturated rings. The van der Waals surface area contributed by atoms with Crippen molar-refractivity contribution in [2.75, 3.05) is 36.5 Å². The maximum atomic E-state index is 13.4.